The van der Waals surface area contributed by atoms with Crippen molar-refractivity contribution in [3.63, 3.8) is 0 Å². The second kappa shape index (κ2) is 5.97. The molecule has 102 valence electrons. The highest BCUT2D eigenvalue weighted by Crippen LogP contribution is 2.06. The molecule has 20 heavy (non-hydrogen) atoms. The molecule has 0 amide bonds. The fraction of sp³-hybridized carbons (Fsp3) is 0.0667. The molecule has 2 aromatic carbocycles. The summed E-state index contributed by atoms with van der Waals surface area (Å²) in [4.78, 5) is 16.4. The number of rotatable bonds is 3. The Kier molecular flexibility index (Phi) is 4.10. The Morgan fingerprint density at radius 3 is 2.20 bits per heavy atom. The number of benzene rings is 2. The summed E-state index contributed by atoms with van der Waals surface area (Å²) >= 11 is 0. The van der Waals surface area contributed by atoms with Crippen LogP contribution in [0.5, 0.6) is 0 Å². The lowest BCUT2D eigenvalue weighted by atomic mass is 10.2. The van der Waals surface area contributed by atoms with E-state index in [1.807, 2.05) is 6.92 Å². The van der Waals surface area contributed by atoms with E-state index in [1.54, 1.807) is 24.3 Å². The summed E-state index contributed by atoms with van der Waals surface area (Å²) in [6, 6.07) is 12.3. The smallest absolute Gasteiger partial charge is 0.365 e. The zero-order chi connectivity index (χ0) is 14.5. The molecule has 0 aliphatic heterocycles. The van der Waals surface area contributed by atoms with Crippen LogP contribution in [0.2, 0.25) is 0 Å². The number of carbonyl (C=O) groups excluding carboxylic acids is 1. The molecule has 0 heterocycles. The Morgan fingerprint density at radius 1 is 1.05 bits per heavy atom. The predicted molar refractivity (Wildman–Crippen MR) is 73.7 cm³/mol. The number of nitrogens with two attached hydrogens (primary N) is 1. The Bertz CT molecular complexity index is 634. The van der Waals surface area contributed by atoms with E-state index in [1.165, 1.54) is 24.3 Å². The normalized spacial score (nSPS) is 11.2. The van der Waals surface area contributed by atoms with Crippen molar-refractivity contribution in [2.24, 2.45) is 10.9 Å². The average Bonchev–Trinajstić information content (AvgIpc) is 2.46. The monoisotopic (exact) mass is 272 g/mol. The van der Waals surface area contributed by atoms with Gasteiger partial charge in [0.25, 0.3) is 0 Å². The molecule has 0 aromatic heterocycles. The molecule has 0 unspecified atom stereocenters. The van der Waals surface area contributed by atoms with Gasteiger partial charge in [-0.25, -0.2) is 9.18 Å². The highest BCUT2D eigenvalue weighted by atomic mass is 19.1. The van der Waals surface area contributed by atoms with Crippen molar-refractivity contribution in [2.45, 2.75) is 6.92 Å². The SMILES string of the molecule is Cc1ccc(C(=O)O/N=C(\N)c2ccc(F)cc2)cc1. The molecule has 0 spiro atoms. The first kappa shape index (κ1) is 13.7. The number of hydrogen-bond donors (Lipinski definition) is 1. The third-order valence-electron chi connectivity index (χ3n) is 2.65. The molecular formula is C15H13FN2O2. The minimum Gasteiger partial charge on any atom is -0.380 e. The standard InChI is InChI=1S/C15H13FN2O2/c1-10-2-4-12(5-3-10)15(19)20-18-14(17)11-6-8-13(16)9-7-11/h2-9H,1H3,(H2,17,18). The molecule has 2 rings (SSSR count). The minimum absolute atomic E-state index is 0.00506. The van der Waals surface area contributed by atoms with Gasteiger partial charge < -0.3 is 10.6 Å². The predicted octanol–water partition coefficient (Wildman–Crippen LogP) is 2.61. The summed E-state index contributed by atoms with van der Waals surface area (Å²) in [5.41, 5.74) is 7.54. The molecule has 0 atom stereocenters. The molecule has 0 bridgehead atoms. The Labute approximate surface area is 115 Å². The van der Waals surface area contributed by atoms with E-state index < -0.39 is 5.97 Å². The highest BCUT2D eigenvalue weighted by molar-refractivity contribution is 5.98. The van der Waals surface area contributed by atoms with Crippen molar-refractivity contribution in [1.82, 2.24) is 0 Å². The van der Waals surface area contributed by atoms with Crippen LogP contribution in [0.25, 0.3) is 0 Å². The maximum absolute atomic E-state index is 12.8. The van der Waals surface area contributed by atoms with Gasteiger partial charge >= 0.3 is 5.97 Å². The van der Waals surface area contributed by atoms with Gasteiger partial charge in [0.05, 0.1) is 5.56 Å². The first-order valence-corrected chi connectivity index (χ1v) is 5.93. The van der Waals surface area contributed by atoms with Crippen LogP contribution in [-0.2, 0) is 4.84 Å². The highest BCUT2D eigenvalue weighted by Gasteiger charge is 2.07. The van der Waals surface area contributed by atoms with E-state index in [0.29, 0.717) is 11.1 Å². The lowest BCUT2D eigenvalue weighted by Gasteiger charge is -2.01. The number of hydrogen-bond acceptors (Lipinski definition) is 3. The molecule has 0 fully saturated rings. The zero-order valence-electron chi connectivity index (χ0n) is 10.8. The summed E-state index contributed by atoms with van der Waals surface area (Å²) < 4.78 is 12.8. The Morgan fingerprint density at radius 2 is 1.60 bits per heavy atom. The average molecular weight is 272 g/mol. The summed E-state index contributed by atoms with van der Waals surface area (Å²) in [5, 5.41) is 3.55. The van der Waals surface area contributed by atoms with Crippen molar-refractivity contribution in [3.05, 3.63) is 71.0 Å². The minimum atomic E-state index is -0.602. The number of amidine groups is 1. The van der Waals surface area contributed by atoms with Crippen molar-refractivity contribution in [1.29, 1.82) is 0 Å². The van der Waals surface area contributed by atoms with E-state index in [2.05, 4.69) is 5.16 Å². The summed E-state index contributed by atoms with van der Waals surface area (Å²) in [6.07, 6.45) is 0. The van der Waals surface area contributed by atoms with Crippen LogP contribution < -0.4 is 5.73 Å². The van der Waals surface area contributed by atoms with Crippen LogP contribution in [-0.4, -0.2) is 11.8 Å². The number of aryl methyl sites for hydroxylation is 1. The van der Waals surface area contributed by atoms with E-state index >= 15 is 0 Å². The summed E-state index contributed by atoms with van der Waals surface area (Å²) in [5.74, 6) is -0.973. The van der Waals surface area contributed by atoms with Crippen molar-refractivity contribution >= 4 is 11.8 Å². The van der Waals surface area contributed by atoms with Crippen LogP contribution in [0.4, 0.5) is 4.39 Å². The largest absolute Gasteiger partial charge is 0.380 e. The molecule has 0 aliphatic rings. The first-order chi connectivity index (χ1) is 9.56. The second-order valence-corrected chi connectivity index (χ2v) is 4.23. The molecule has 0 aliphatic carbocycles. The van der Waals surface area contributed by atoms with Gasteiger partial charge in [0.15, 0.2) is 5.84 Å². The van der Waals surface area contributed by atoms with E-state index in [9.17, 15) is 9.18 Å². The molecular weight excluding hydrogens is 259 g/mol. The van der Waals surface area contributed by atoms with Crippen LogP contribution in [0.15, 0.2) is 53.7 Å². The fourth-order valence-electron chi connectivity index (χ4n) is 1.51. The lowest BCUT2D eigenvalue weighted by molar-refractivity contribution is 0.0516. The van der Waals surface area contributed by atoms with Crippen LogP contribution in [0.1, 0.15) is 21.5 Å². The van der Waals surface area contributed by atoms with Gasteiger partial charge in [-0.3, -0.25) is 0 Å². The van der Waals surface area contributed by atoms with Gasteiger partial charge in [-0.1, -0.05) is 22.9 Å². The number of nitrogens with zero attached hydrogens (tertiary/aromatic N) is 1. The van der Waals surface area contributed by atoms with Gasteiger partial charge in [0.1, 0.15) is 5.82 Å². The van der Waals surface area contributed by atoms with Gasteiger partial charge in [-0.15, -0.1) is 0 Å². The second-order valence-electron chi connectivity index (χ2n) is 4.23. The maximum Gasteiger partial charge on any atom is 0.365 e. The molecule has 0 radical (unpaired) electrons. The third-order valence-corrected chi connectivity index (χ3v) is 2.65. The van der Waals surface area contributed by atoms with E-state index in [4.69, 9.17) is 10.6 Å². The number of carbonyl (C=O) groups is 1. The van der Waals surface area contributed by atoms with Crippen LogP contribution >= 0.6 is 0 Å². The van der Waals surface area contributed by atoms with Crippen molar-refractivity contribution in [2.75, 3.05) is 0 Å². The first-order valence-electron chi connectivity index (χ1n) is 5.93. The number of halogens is 1. The summed E-state index contributed by atoms with van der Waals surface area (Å²) in [7, 11) is 0. The van der Waals surface area contributed by atoms with Crippen LogP contribution in [0, 0.1) is 12.7 Å². The van der Waals surface area contributed by atoms with E-state index in [-0.39, 0.29) is 11.7 Å². The molecule has 4 nitrogen and oxygen atoms in total. The third kappa shape index (κ3) is 3.41. The Hall–Kier alpha value is -2.69. The van der Waals surface area contributed by atoms with Gasteiger partial charge in [-0.2, -0.15) is 0 Å². The lowest BCUT2D eigenvalue weighted by Crippen LogP contribution is -2.15. The van der Waals surface area contributed by atoms with Crippen molar-refractivity contribution in [3.8, 4) is 0 Å². The quantitative estimate of drug-likeness (QED) is 0.404. The summed E-state index contributed by atoms with van der Waals surface area (Å²) in [6.45, 7) is 1.92. The molecule has 5 heteroatoms. The molecule has 0 saturated carbocycles. The van der Waals surface area contributed by atoms with E-state index in [0.717, 1.165) is 5.56 Å². The number of oxime groups is 1. The van der Waals surface area contributed by atoms with Gasteiger partial charge in [-0.05, 0) is 43.3 Å². The molecule has 2 N–H and O–H groups in total. The van der Waals surface area contributed by atoms with Gasteiger partial charge in [0, 0.05) is 5.56 Å². The van der Waals surface area contributed by atoms with Crippen molar-refractivity contribution < 1.29 is 14.0 Å². The molecule has 0 saturated heterocycles. The van der Waals surface area contributed by atoms with Gasteiger partial charge in [0.2, 0.25) is 0 Å². The van der Waals surface area contributed by atoms with Crippen LogP contribution in [0.3, 0.4) is 0 Å². The topological polar surface area (TPSA) is 64.7 Å². The Balaban J connectivity index is 2.06. The maximum atomic E-state index is 12.8. The zero-order valence-corrected chi connectivity index (χ0v) is 10.8. The fourth-order valence-corrected chi connectivity index (χ4v) is 1.51. The molecule has 2 aromatic rings.